The maximum absolute atomic E-state index is 12.2. The Morgan fingerprint density at radius 2 is 1.88 bits per heavy atom. The Kier molecular flexibility index (Phi) is 9.81. The molecule has 26 heavy (non-hydrogen) atoms. The summed E-state index contributed by atoms with van der Waals surface area (Å²) in [6.45, 7) is -0.553. The minimum atomic E-state index is -2.53. The first-order chi connectivity index (χ1) is 12.3. The van der Waals surface area contributed by atoms with Crippen molar-refractivity contribution in [3.05, 3.63) is 24.3 Å². The number of carbonyl (C=O) groups excluding carboxylic acids is 3. The first-order valence-electron chi connectivity index (χ1n) is 7.38. The molecule has 0 aromatic heterocycles. The molecule has 0 saturated carbocycles. The minimum absolute atomic E-state index is 0.313. The number of ether oxygens (including phenoxy) is 1. The lowest BCUT2D eigenvalue weighted by molar-refractivity contribution is -0.149. The van der Waals surface area contributed by atoms with Crippen LogP contribution in [0.25, 0.3) is 0 Å². The smallest absolute Gasteiger partial charge is 0.329 e. The predicted octanol–water partition coefficient (Wildman–Crippen LogP) is 2.27. The van der Waals surface area contributed by atoms with Crippen LogP contribution in [-0.4, -0.2) is 48.3 Å². The van der Waals surface area contributed by atoms with Gasteiger partial charge in [0, 0.05) is 10.6 Å². The number of nitrogens with one attached hydrogen (secondary N) is 2. The largest absolute Gasteiger partial charge is 0.454 e. The number of nitrogens with two attached hydrogens (primary N) is 1. The van der Waals surface area contributed by atoms with Gasteiger partial charge >= 0.3 is 12.0 Å². The lowest BCUT2D eigenvalue weighted by Crippen LogP contribution is -2.45. The lowest BCUT2D eigenvalue weighted by atomic mass is 10.2. The third kappa shape index (κ3) is 8.90. The molecule has 0 saturated heterocycles. The molecule has 1 aromatic carbocycles. The van der Waals surface area contributed by atoms with Crippen molar-refractivity contribution in [3.63, 3.8) is 0 Å². The second-order valence-corrected chi connectivity index (χ2v) is 6.95. The second-order valence-electron chi connectivity index (χ2n) is 4.90. The van der Waals surface area contributed by atoms with E-state index in [2.05, 4.69) is 10.6 Å². The van der Waals surface area contributed by atoms with Gasteiger partial charge in [0.15, 0.2) is 6.61 Å². The van der Waals surface area contributed by atoms with Crippen LogP contribution >= 0.6 is 23.5 Å². The Hall–Kier alpha value is -2.01. The monoisotopic (exact) mass is 407 g/mol. The highest BCUT2D eigenvalue weighted by molar-refractivity contribution is 7.99. The summed E-state index contributed by atoms with van der Waals surface area (Å²) in [5.41, 5.74) is 5.38. The third-order valence-electron chi connectivity index (χ3n) is 2.92. The molecule has 0 aliphatic rings. The predicted molar refractivity (Wildman–Crippen MR) is 97.4 cm³/mol. The van der Waals surface area contributed by atoms with E-state index in [1.165, 1.54) is 36.0 Å². The van der Waals surface area contributed by atoms with Gasteiger partial charge in [-0.15, -0.1) is 0 Å². The van der Waals surface area contributed by atoms with Gasteiger partial charge in [-0.05, 0) is 42.7 Å². The molecule has 7 nitrogen and oxygen atoms in total. The van der Waals surface area contributed by atoms with Crippen molar-refractivity contribution in [2.75, 3.05) is 23.9 Å². The normalized spacial score (nSPS) is 11.7. The molecule has 0 aliphatic heterocycles. The summed E-state index contributed by atoms with van der Waals surface area (Å²) in [7, 11) is 0. The fourth-order valence-electron chi connectivity index (χ4n) is 1.81. The SMILES string of the molecule is CSCC[C@@H](NC(N)=O)C(=O)OCC(=O)Nc1ccc(SC(F)F)cc1. The number of anilines is 1. The van der Waals surface area contributed by atoms with Crippen molar-refractivity contribution in [1.29, 1.82) is 0 Å². The maximum atomic E-state index is 12.2. The van der Waals surface area contributed by atoms with E-state index in [0.717, 1.165) is 0 Å². The first-order valence-corrected chi connectivity index (χ1v) is 9.65. The van der Waals surface area contributed by atoms with Gasteiger partial charge in [-0.3, -0.25) is 4.79 Å². The number of alkyl halides is 2. The molecular weight excluding hydrogens is 388 g/mol. The van der Waals surface area contributed by atoms with Gasteiger partial charge < -0.3 is 21.1 Å². The second kappa shape index (κ2) is 11.6. The molecule has 0 aliphatic carbocycles. The Morgan fingerprint density at radius 1 is 1.23 bits per heavy atom. The number of benzene rings is 1. The molecule has 0 radical (unpaired) electrons. The quantitative estimate of drug-likeness (QED) is 0.405. The molecule has 1 aromatic rings. The standard InChI is InChI=1S/C15H19F2N3O4S2/c1-25-7-6-11(20-15(18)23)13(22)24-8-12(21)19-9-2-4-10(5-3-9)26-14(16)17/h2-5,11,14H,6-8H2,1H3,(H,19,21)(H3,18,20,23)/t11-/m1/s1. The van der Waals surface area contributed by atoms with E-state index in [1.807, 2.05) is 6.26 Å². The number of thioether (sulfide) groups is 2. The van der Waals surface area contributed by atoms with Crippen molar-refractivity contribution in [3.8, 4) is 0 Å². The minimum Gasteiger partial charge on any atom is -0.454 e. The number of esters is 1. The van der Waals surface area contributed by atoms with Crippen LogP contribution in [0.3, 0.4) is 0 Å². The van der Waals surface area contributed by atoms with Crippen molar-refractivity contribution in [2.24, 2.45) is 5.73 Å². The van der Waals surface area contributed by atoms with Gasteiger partial charge in [0.25, 0.3) is 11.7 Å². The number of primary amides is 1. The van der Waals surface area contributed by atoms with Gasteiger partial charge in [0.1, 0.15) is 6.04 Å². The highest BCUT2D eigenvalue weighted by Crippen LogP contribution is 2.26. The number of halogens is 2. The van der Waals surface area contributed by atoms with Gasteiger partial charge in [-0.1, -0.05) is 11.8 Å². The maximum Gasteiger partial charge on any atom is 0.329 e. The summed E-state index contributed by atoms with van der Waals surface area (Å²) in [6, 6.07) is 4.00. The van der Waals surface area contributed by atoms with Gasteiger partial charge in [0.05, 0.1) is 0 Å². The number of amides is 3. The molecule has 4 N–H and O–H groups in total. The van der Waals surface area contributed by atoms with Crippen LogP contribution in [0.1, 0.15) is 6.42 Å². The topological polar surface area (TPSA) is 111 Å². The fourth-order valence-corrected chi connectivity index (χ4v) is 2.78. The van der Waals surface area contributed by atoms with Crippen LogP contribution in [0.4, 0.5) is 19.3 Å². The zero-order valence-corrected chi connectivity index (χ0v) is 15.5. The molecule has 0 spiro atoms. The van der Waals surface area contributed by atoms with E-state index < -0.39 is 36.3 Å². The zero-order chi connectivity index (χ0) is 19.5. The van der Waals surface area contributed by atoms with Crippen LogP contribution in [-0.2, 0) is 14.3 Å². The van der Waals surface area contributed by atoms with Gasteiger partial charge in [-0.25, -0.2) is 9.59 Å². The molecule has 1 atom stereocenters. The van der Waals surface area contributed by atoms with E-state index in [0.29, 0.717) is 34.5 Å². The van der Waals surface area contributed by atoms with Crippen LogP contribution in [0.2, 0.25) is 0 Å². The average Bonchev–Trinajstić information content (AvgIpc) is 2.57. The summed E-state index contributed by atoms with van der Waals surface area (Å²) in [5.74, 6) is -3.30. The van der Waals surface area contributed by atoms with Crippen molar-refractivity contribution < 1.29 is 27.9 Å². The van der Waals surface area contributed by atoms with Crippen LogP contribution in [0, 0.1) is 0 Å². The zero-order valence-electron chi connectivity index (χ0n) is 13.9. The third-order valence-corrected chi connectivity index (χ3v) is 4.29. The summed E-state index contributed by atoms with van der Waals surface area (Å²) >= 11 is 1.87. The van der Waals surface area contributed by atoms with Gasteiger partial charge in [0.2, 0.25) is 0 Å². The molecule has 0 unspecified atom stereocenters. The Morgan fingerprint density at radius 3 is 2.42 bits per heavy atom. The van der Waals surface area contributed by atoms with Gasteiger partial charge in [-0.2, -0.15) is 20.5 Å². The highest BCUT2D eigenvalue weighted by Gasteiger charge is 2.21. The highest BCUT2D eigenvalue weighted by atomic mass is 32.2. The van der Waals surface area contributed by atoms with Crippen molar-refractivity contribution in [1.82, 2.24) is 5.32 Å². The van der Waals surface area contributed by atoms with E-state index >= 15 is 0 Å². The van der Waals surface area contributed by atoms with Crippen LogP contribution in [0.5, 0.6) is 0 Å². The van der Waals surface area contributed by atoms with E-state index in [-0.39, 0.29) is 0 Å². The van der Waals surface area contributed by atoms with E-state index in [1.54, 1.807) is 0 Å². The summed E-state index contributed by atoms with van der Waals surface area (Å²) < 4.78 is 29.4. The van der Waals surface area contributed by atoms with E-state index in [4.69, 9.17) is 10.5 Å². The molecule has 0 heterocycles. The average molecular weight is 407 g/mol. The summed E-state index contributed by atoms with van der Waals surface area (Å²) in [5, 5.41) is 4.74. The molecule has 0 fully saturated rings. The summed E-state index contributed by atoms with van der Waals surface area (Å²) in [4.78, 5) is 35.0. The number of hydrogen-bond acceptors (Lipinski definition) is 6. The van der Waals surface area contributed by atoms with Crippen molar-refractivity contribution >= 4 is 47.1 Å². The molecule has 144 valence electrons. The first kappa shape index (κ1) is 22.0. The Labute approximate surface area is 157 Å². The fraction of sp³-hybridized carbons (Fsp3) is 0.400. The number of hydrogen-bond donors (Lipinski definition) is 3. The number of urea groups is 1. The molecule has 0 bridgehead atoms. The van der Waals surface area contributed by atoms with Crippen LogP contribution < -0.4 is 16.4 Å². The molecule has 3 amide bonds. The van der Waals surface area contributed by atoms with E-state index in [9.17, 15) is 23.2 Å². The lowest BCUT2D eigenvalue weighted by Gasteiger charge is -2.15. The molecule has 11 heteroatoms. The molecule has 1 rings (SSSR count). The Balaban J connectivity index is 2.48. The van der Waals surface area contributed by atoms with Crippen LogP contribution in [0.15, 0.2) is 29.2 Å². The molecular formula is C15H19F2N3O4S2. The number of carbonyl (C=O) groups is 3. The summed E-state index contributed by atoms with van der Waals surface area (Å²) in [6.07, 6.45) is 2.15. The Bertz CT molecular complexity index is 617. The number of rotatable bonds is 10. The van der Waals surface area contributed by atoms with Crippen molar-refractivity contribution in [2.45, 2.75) is 23.1 Å².